The smallest absolute Gasteiger partial charge is 0.183 e. The molecule has 0 saturated heterocycles. The molecule has 0 aliphatic heterocycles. The monoisotopic (exact) mass is 349 g/mol. The number of hydrogen-bond acceptors (Lipinski definition) is 4. The lowest BCUT2D eigenvalue weighted by Crippen LogP contribution is -2.20. The molecule has 112 valence electrons. The Morgan fingerprint density at radius 2 is 2.24 bits per heavy atom. The van der Waals surface area contributed by atoms with E-state index in [-0.39, 0.29) is 0 Å². The summed E-state index contributed by atoms with van der Waals surface area (Å²) in [6.45, 7) is 3.22. The van der Waals surface area contributed by atoms with Gasteiger partial charge >= 0.3 is 0 Å². The first-order valence-electron chi connectivity index (χ1n) is 7.45. The fraction of sp³-hybridized carbons (Fsp3) is 0.533. The molecule has 0 bridgehead atoms. The molecule has 0 radical (unpaired) electrons. The van der Waals surface area contributed by atoms with Crippen LogP contribution in [-0.4, -0.2) is 20.2 Å². The second-order valence-electron chi connectivity index (χ2n) is 6.03. The minimum absolute atomic E-state index is 0.663. The summed E-state index contributed by atoms with van der Waals surface area (Å²) in [6.07, 6.45) is 5.18. The summed E-state index contributed by atoms with van der Waals surface area (Å²) in [5.41, 5.74) is 7.60. The Balaban J connectivity index is 1.85. The van der Waals surface area contributed by atoms with E-state index in [2.05, 4.69) is 38.4 Å². The van der Waals surface area contributed by atoms with Crippen molar-refractivity contribution in [2.75, 3.05) is 5.73 Å². The lowest BCUT2D eigenvalue weighted by molar-refractivity contribution is 0.249. The maximum absolute atomic E-state index is 5.95. The summed E-state index contributed by atoms with van der Waals surface area (Å²) >= 11 is 3.54. The number of tetrazole rings is 1. The Hall–Kier alpha value is -1.43. The van der Waals surface area contributed by atoms with Crippen molar-refractivity contribution < 1.29 is 0 Å². The van der Waals surface area contributed by atoms with Gasteiger partial charge in [-0.25, -0.2) is 4.68 Å². The molecule has 0 spiro atoms. The van der Waals surface area contributed by atoms with Gasteiger partial charge in [-0.3, -0.25) is 0 Å². The number of rotatable bonds is 3. The summed E-state index contributed by atoms with van der Waals surface area (Å²) in [7, 11) is 0. The van der Waals surface area contributed by atoms with E-state index >= 15 is 0 Å². The van der Waals surface area contributed by atoms with Crippen molar-refractivity contribution in [3.8, 4) is 11.4 Å². The van der Waals surface area contributed by atoms with Gasteiger partial charge in [0.2, 0.25) is 0 Å². The third-order valence-corrected chi connectivity index (χ3v) is 5.16. The molecule has 1 aromatic carbocycles. The molecule has 1 heterocycles. The summed E-state index contributed by atoms with van der Waals surface area (Å²) in [5.74, 6) is 2.26. The van der Waals surface area contributed by atoms with Crippen LogP contribution in [0.3, 0.4) is 0 Å². The summed E-state index contributed by atoms with van der Waals surface area (Å²) in [6, 6.07) is 5.79. The van der Waals surface area contributed by atoms with Gasteiger partial charge in [-0.2, -0.15) is 0 Å². The molecular weight excluding hydrogens is 330 g/mol. The Morgan fingerprint density at radius 1 is 1.38 bits per heavy atom. The van der Waals surface area contributed by atoms with Crippen LogP contribution >= 0.6 is 15.9 Å². The molecule has 0 amide bonds. The van der Waals surface area contributed by atoms with Gasteiger partial charge in [0, 0.05) is 17.8 Å². The highest BCUT2D eigenvalue weighted by Gasteiger charge is 2.22. The van der Waals surface area contributed by atoms with E-state index in [1.165, 1.54) is 25.7 Å². The molecule has 5 nitrogen and oxygen atoms in total. The molecule has 21 heavy (non-hydrogen) atoms. The predicted molar refractivity (Wildman–Crippen MR) is 86.5 cm³/mol. The second kappa shape index (κ2) is 6.13. The second-order valence-corrected chi connectivity index (χ2v) is 6.82. The number of halogens is 1. The van der Waals surface area contributed by atoms with Crippen molar-refractivity contribution in [2.24, 2.45) is 11.8 Å². The quantitative estimate of drug-likeness (QED) is 0.860. The highest BCUT2D eigenvalue weighted by Crippen LogP contribution is 2.33. The first-order valence-corrected chi connectivity index (χ1v) is 8.25. The van der Waals surface area contributed by atoms with Crippen molar-refractivity contribution in [3.63, 3.8) is 0 Å². The molecule has 2 N–H and O–H groups in total. The molecule has 1 aromatic heterocycles. The van der Waals surface area contributed by atoms with E-state index in [0.717, 1.165) is 28.3 Å². The van der Waals surface area contributed by atoms with Gasteiger partial charge in [0.1, 0.15) is 0 Å². The Morgan fingerprint density at radius 3 is 3.05 bits per heavy atom. The van der Waals surface area contributed by atoms with Crippen molar-refractivity contribution in [3.05, 3.63) is 22.7 Å². The Bertz CT molecular complexity index is 624. The Labute approximate surface area is 133 Å². The zero-order chi connectivity index (χ0) is 14.8. The fourth-order valence-corrected chi connectivity index (χ4v) is 3.65. The van der Waals surface area contributed by atoms with Crippen molar-refractivity contribution in [2.45, 2.75) is 39.2 Å². The highest BCUT2D eigenvalue weighted by molar-refractivity contribution is 9.10. The molecule has 1 aliphatic rings. The first kappa shape index (κ1) is 14.5. The molecule has 1 fully saturated rings. The zero-order valence-corrected chi connectivity index (χ0v) is 13.8. The molecule has 2 unspecified atom stereocenters. The molecule has 2 aromatic rings. The van der Waals surface area contributed by atoms with E-state index in [4.69, 9.17) is 5.73 Å². The zero-order valence-electron chi connectivity index (χ0n) is 12.2. The van der Waals surface area contributed by atoms with Gasteiger partial charge in [-0.15, -0.1) is 5.10 Å². The molecule has 2 atom stereocenters. The molecular formula is C15H20BrN5. The van der Waals surface area contributed by atoms with Crippen LogP contribution in [0, 0.1) is 11.8 Å². The van der Waals surface area contributed by atoms with Crippen LogP contribution in [0.1, 0.15) is 32.6 Å². The van der Waals surface area contributed by atoms with Crippen LogP contribution in [0.4, 0.5) is 5.69 Å². The lowest BCUT2D eigenvalue weighted by Gasteiger charge is -2.26. The van der Waals surface area contributed by atoms with Crippen LogP contribution in [0.25, 0.3) is 11.4 Å². The van der Waals surface area contributed by atoms with Gasteiger partial charge in [-0.05, 0) is 63.2 Å². The number of nitrogen functional groups attached to an aromatic ring is 1. The van der Waals surface area contributed by atoms with Crippen molar-refractivity contribution >= 4 is 21.6 Å². The standard InChI is InChI=1S/C15H20BrN5/c1-10-4-2-5-11(8-10)9-21-15(18-19-20-21)12-6-3-7-13(17)14(12)16/h3,6-7,10-11H,2,4-5,8-9,17H2,1H3. The van der Waals surface area contributed by atoms with Crippen LogP contribution in [0.2, 0.25) is 0 Å². The maximum atomic E-state index is 5.95. The van der Waals surface area contributed by atoms with Crippen LogP contribution < -0.4 is 5.73 Å². The van der Waals surface area contributed by atoms with Gasteiger partial charge < -0.3 is 5.73 Å². The topological polar surface area (TPSA) is 69.6 Å². The largest absolute Gasteiger partial charge is 0.398 e. The number of nitrogens with zero attached hydrogens (tertiary/aromatic N) is 4. The fourth-order valence-electron chi connectivity index (χ4n) is 3.21. The van der Waals surface area contributed by atoms with E-state index in [1.54, 1.807) is 0 Å². The SMILES string of the molecule is CC1CCCC(Cn2nnnc2-c2cccc(N)c2Br)C1. The summed E-state index contributed by atoms with van der Waals surface area (Å²) in [4.78, 5) is 0. The minimum Gasteiger partial charge on any atom is -0.398 e. The van der Waals surface area contributed by atoms with Crippen molar-refractivity contribution in [1.29, 1.82) is 0 Å². The number of aromatic nitrogens is 4. The number of hydrogen-bond donors (Lipinski definition) is 1. The average molecular weight is 350 g/mol. The normalized spacial score (nSPS) is 22.4. The van der Waals surface area contributed by atoms with Gasteiger partial charge in [0.15, 0.2) is 5.82 Å². The first-order chi connectivity index (χ1) is 10.1. The lowest BCUT2D eigenvalue weighted by atomic mass is 9.82. The van der Waals surface area contributed by atoms with Crippen LogP contribution in [-0.2, 0) is 6.54 Å². The molecule has 1 aliphatic carbocycles. The van der Waals surface area contributed by atoms with Crippen molar-refractivity contribution in [1.82, 2.24) is 20.2 Å². The van der Waals surface area contributed by atoms with Gasteiger partial charge in [0.25, 0.3) is 0 Å². The minimum atomic E-state index is 0.663. The summed E-state index contributed by atoms with van der Waals surface area (Å²) < 4.78 is 2.78. The third-order valence-electron chi connectivity index (χ3n) is 4.28. The van der Waals surface area contributed by atoms with Gasteiger partial charge in [-0.1, -0.05) is 25.8 Å². The van der Waals surface area contributed by atoms with E-state index in [0.29, 0.717) is 11.6 Å². The molecule has 6 heteroatoms. The van der Waals surface area contributed by atoms with Gasteiger partial charge in [0.05, 0.1) is 4.47 Å². The average Bonchev–Trinajstić information content (AvgIpc) is 2.90. The predicted octanol–water partition coefficient (Wildman–Crippen LogP) is 3.51. The van der Waals surface area contributed by atoms with E-state index in [9.17, 15) is 0 Å². The third kappa shape index (κ3) is 3.10. The molecule has 3 rings (SSSR count). The van der Waals surface area contributed by atoms with E-state index < -0.39 is 0 Å². The maximum Gasteiger partial charge on any atom is 0.183 e. The molecule has 1 saturated carbocycles. The number of nitrogens with two attached hydrogens (primary N) is 1. The highest BCUT2D eigenvalue weighted by atomic mass is 79.9. The number of anilines is 1. The Kier molecular flexibility index (Phi) is 4.24. The van der Waals surface area contributed by atoms with E-state index in [1.807, 2.05) is 22.9 Å². The summed E-state index contributed by atoms with van der Waals surface area (Å²) in [5, 5.41) is 12.2. The number of benzene rings is 1. The van der Waals surface area contributed by atoms with Crippen LogP contribution in [0.5, 0.6) is 0 Å². The van der Waals surface area contributed by atoms with Crippen LogP contribution in [0.15, 0.2) is 22.7 Å².